The maximum atomic E-state index is 12.9. The van der Waals surface area contributed by atoms with Crippen LogP contribution in [-0.4, -0.2) is 6.61 Å². The minimum absolute atomic E-state index is 0.219. The molecule has 0 spiro atoms. The lowest BCUT2D eigenvalue weighted by Gasteiger charge is -2.13. The summed E-state index contributed by atoms with van der Waals surface area (Å²) in [5.74, 6) is 0.990. The molecule has 0 radical (unpaired) electrons. The lowest BCUT2D eigenvalue weighted by molar-refractivity contribution is 0.296. The number of hydrogen-bond donors (Lipinski definition) is 0. The van der Waals surface area contributed by atoms with Crippen LogP contribution in [0.4, 0.5) is 4.39 Å². The summed E-state index contributed by atoms with van der Waals surface area (Å²) in [7, 11) is 0. The Morgan fingerprint density at radius 1 is 0.800 bits per heavy atom. The maximum Gasteiger partial charge on any atom is 0.123 e. The van der Waals surface area contributed by atoms with Crippen LogP contribution in [0.5, 0.6) is 5.75 Å². The Bertz CT molecular complexity index is 805. The van der Waals surface area contributed by atoms with Crippen LogP contribution in [-0.2, 0) is 0 Å². The Morgan fingerprint density at radius 2 is 1.36 bits per heavy atom. The molecule has 25 heavy (non-hydrogen) atoms. The second kappa shape index (κ2) is 8.29. The van der Waals surface area contributed by atoms with E-state index in [4.69, 9.17) is 4.74 Å². The highest BCUT2D eigenvalue weighted by molar-refractivity contribution is 5.69. The van der Waals surface area contributed by atoms with Crippen LogP contribution in [0.2, 0.25) is 0 Å². The van der Waals surface area contributed by atoms with E-state index in [9.17, 15) is 4.39 Å². The lowest BCUT2D eigenvalue weighted by Crippen LogP contribution is -2.06. The standard InChI is InChI=1S/C23H21FO/c1-18(21-5-3-2-4-6-21)17-25-23-15-11-20(12-16-23)8-7-19-9-13-22(24)14-10-19/h2-16,18H,17H2,1H3/b8-7+. The first-order valence-corrected chi connectivity index (χ1v) is 8.42. The van der Waals surface area contributed by atoms with E-state index in [1.165, 1.54) is 17.7 Å². The minimum atomic E-state index is -0.219. The fraction of sp³-hybridized carbons (Fsp3) is 0.130. The second-order valence-corrected chi connectivity index (χ2v) is 6.08. The van der Waals surface area contributed by atoms with Gasteiger partial charge >= 0.3 is 0 Å². The van der Waals surface area contributed by atoms with Gasteiger partial charge in [-0.2, -0.15) is 0 Å². The molecule has 2 heteroatoms. The molecule has 3 rings (SSSR count). The van der Waals surface area contributed by atoms with Crippen LogP contribution in [0.15, 0.2) is 78.9 Å². The van der Waals surface area contributed by atoms with Crippen molar-refractivity contribution in [1.29, 1.82) is 0 Å². The Balaban J connectivity index is 1.56. The first-order valence-electron chi connectivity index (χ1n) is 8.42. The first-order chi connectivity index (χ1) is 12.2. The van der Waals surface area contributed by atoms with E-state index in [1.807, 2.05) is 54.6 Å². The van der Waals surface area contributed by atoms with Crippen LogP contribution in [0.3, 0.4) is 0 Å². The Labute approximate surface area is 148 Å². The third-order valence-corrected chi connectivity index (χ3v) is 4.09. The van der Waals surface area contributed by atoms with Crippen LogP contribution in [0.25, 0.3) is 12.2 Å². The summed E-state index contributed by atoms with van der Waals surface area (Å²) in [6.45, 7) is 2.81. The van der Waals surface area contributed by atoms with E-state index in [2.05, 4.69) is 19.1 Å². The summed E-state index contributed by atoms with van der Waals surface area (Å²) in [5.41, 5.74) is 3.33. The average Bonchev–Trinajstić information content (AvgIpc) is 2.67. The van der Waals surface area contributed by atoms with Crippen molar-refractivity contribution < 1.29 is 9.13 Å². The molecule has 0 fully saturated rings. The fourth-order valence-corrected chi connectivity index (χ4v) is 2.54. The number of benzene rings is 3. The number of hydrogen-bond acceptors (Lipinski definition) is 1. The monoisotopic (exact) mass is 332 g/mol. The van der Waals surface area contributed by atoms with Gasteiger partial charge in [0.25, 0.3) is 0 Å². The molecule has 1 nitrogen and oxygen atoms in total. The smallest absolute Gasteiger partial charge is 0.123 e. The third kappa shape index (κ3) is 5.05. The molecule has 0 amide bonds. The summed E-state index contributed by atoms with van der Waals surface area (Å²) in [6.07, 6.45) is 3.97. The number of halogens is 1. The van der Waals surface area contributed by atoms with Gasteiger partial charge in [0.15, 0.2) is 0 Å². The SMILES string of the molecule is CC(COc1ccc(/C=C/c2ccc(F)cc2)cc1)c1ccccc1. The highest BCUT2D eigenvalue weighted by Crippen LogP contribution is 2.19. The highest BCUT2D eigenvalue weighted by atomic mass is 19.1. The van der Waals surface area contributed by atoms with E-state index in [0.717, 1.165) is 16.9 Å². The molecule has 0 heterocycles. The van der Waals surface area contributed by atoms with E-state index >= 15 is 0 Å². The molecule has 3 aromatic rings. The zero-order valence-corrected chi connectivity index (χ0v) is 14.2. The number of rotatable bonds is 6. The predicted octanol–water partition coefficient (Wildman–Crippen LogP) is 6.18. The van der Waals surface area contributed by atoms with Crippen LogP contribution < -0.4 is 4.74 Å². The van der Waals surface area contributed by atoms with Gasteiger partial charge in [0.05, 0.1) is 6.61 Å². The topological polar surface area (TPSA) is 9.23 Å². The van der Waals surface area contributed by atoms with Crippen molar-refractivity contribution in [3.8, 4) is 5.75 Å². The van der Waals surface area contributed by atoms with E-state index in [1.54, 1.807) is 12.1 Å². The van der Waals surface area contributed by atoms with Gasteiger partial charge < -0.3 is 4.74 Å². The quantitative estimate of drug-likeness (QED) is 0.490. The second-order valence-electron chi connectivity index (χ2n) is 6.08. The zero-order chi connectivity index (χ0) is 17.5. The van der Waals surface area contributed by atoms with Gasteiger partial charge in [-0.3, -0.25) is 0 Å². The molecular formula is C23H21FO. The first kappa shape index (κ1) is 17.0. The normalized spacial score (nSPS) is 12.2. The van der Waals surface area contributed by atoms with Crippen LogP contribution in [0.1, 0.15) is 29.5 Å². The molecule has 1 atom stereocenters. The molecule has 0 aliphatic rings. The summed E-state index contributed by atoms with van der Waals surface area (Å²) in [4.78, 5) is 0. The van der Waals surface area contributed by atoms with E-state index < -0.39 is 0 Å². The van der Waals surface area contributed by atoms with Crippen molar-refractivity contribution in [1.82, 2.24) is 0 Å². The van der Waals surface area contributed by atoms with Crippen molar-refractivity contribution in [2.45, 2.75) is 12.8 Å². The van der Waals surface area contributed by atoms with Crippen molar-refractivity contribution >= 4 is 12.2 Å². The molecule has 0 saturated carbocycles. The summed E-state index contributed by atoms with van der Waals surface area (Å²) >= 11 is 0. The van der Waals surface area contributed by atoms with Gasteiger partial charge in [-0.15, -0.1) is 0 Å². The molecule has 0 saturated heterocycles. The van der Waals surface area contributed by atoms with Gasteiger partial charge in [-0.1, -0.05) is 73.7 Å². The Kier molecular flexibility index (Phi) is 5.63. The molecule has 0 bridgehead atoms. The molecule has 0 aliphatic carbocycles. The third-order valence-electron chi connectivity index (χ3n) is 4.09. The number of ether oxygens (including phenoxy) is 1. The van der Waals surface area contributed by atoms with Crippen LogP contribution >= 0.6 is 0 Å². The van der Waals surface area contributed by atoms with Crippen molar-refractivity contribution in [3.63, 3.8) is 0 Å². The zero-order valence-electron chi connectivity index (χ0n) is 14.2. The van der Waals surface area contributed by atoms with E-state index in [0.29, 0.717) is 12.5 Å². The largest absolute Gasteiger partial charge is 0.493 e. The molecule has 0 aromatic heterocycles. The average molecular weight is 332 g/mol. The van der Waals surface area contributed by atoms with Crippen molar-refractivity contribution in [2.24, 2.45) is 0 Å². The summed E-state index contributed by atoms with van der Waals surface area (Å²) < 4.78 is 18.8. The van der Waals surface area contributed by atoms with Gasteiger partial charge in [-0.25, -0.2) is 4.39 Å². The Hall–Kier alpha value is -2.87. The fourth-order valence-electron chi connectivity index (χ4n) is 2.54. The van der Waals surface area contributed by atoms with Gasteiger partial charge in [-0.05, 0) is 41.0 Å². The molecular weight excluding hydrogens is 311 g/mol. The molecule has 0 N–H and O–H groups in total. The van der Waals surface area contributed by atoms with Gasteiger partial charge in [0.2, 0.25) is 0 Å². The van der Waals surface area contributed by atoms with Gasteiger partial charge in [0.1, 0.15) is 11.6 Å². The highest BCUT2D eigenvalue weighted by Gasteiger charge is 2.05. The molecule has 126 valence electrons. The molecule has 0 aliphatic heterocycles. The lowest BCUT2D eigenvalue weighted by atomic mass is 10.0. The summed E-state index contributed by atoms with van der Waals surface area (Å²) in [5, 5.41) is 0. The minimum Gasteiger partial charge on any atom is -0.493 e. The molecule has 1 unspecified atom stereocenters. The predicted molar refractivity (Wildman–Crippen MR) is 102 cm³/mol. The Morgan fingerprint density at radius 3 is 1.96 bits per heavy atom. The summed E-state index contributed by atoms with van der Waals surface area (Å²) in [6, 6.07) is 24.8. The van der Waals surface area contributed by atoms with Gasteiger partial charge in [0, 0.05) is 5.92 Å². The molecule has 3 aromatic carbocycles. The van der Waals surface area contributed by atoms with Crippen LogP contribution in [0, 0.1) is 5.82 Å². The van der Waals surface area contributed by atoms with Crippen molar-refractivity contribution in [2.75, 3.05) is 6.61 Å². The van der Waals surface area contributed by atoms with Crippen molar-refractivity contribution in [3.05, 3.63) is 101 Å². The maximum absolute atomic E-state index is 12.9. The van der Waals surface area contributed by atoms with E-state index in [-0.39, 0.29) is 5.82 Å².